The van der Waals surface area contributed by atoms with Gasteiger partial charge in [0.15, 0.2) is 6.04 Å². The van der Waals surface area contributed by atoms with Crippen LogP contribution in [-0.4, -0.2) is 60.1 Å². The molecule has 1 aliphatic rings. The monoisotopic (exact) mass is 286 g/mol. The van der Waals surface area contributed by atoms with Crippen molar-refractivity contribution in [3.8, 4) is 0 Å². The van der Waals surface area contributed by atoms with E-state index in [1.807, 2.05) is 13.8 Å². The Balaban J connectivity index is 2.40. The number of hydrogen-bond donors (Lipinski definition) is 2. The number of carboxylic acids is 1. The highest BCUT2D eigenvalue weighted by molar-refractivity contribution is 5.88. The third kappa shape index (κ3) is 5.16. The minimum atomic E-state index is -1.09. The average Bonchev–Trinajstić information content (AvgIpc) is 2.42. The Bertz CT molecular complexity index is 370. The van der Waals surface area contributed by atoms with E-state index in [1.54, 1.807) is 0 Å². The Hall–Kier alpha value is -1.63. The van der Waals surface area contributed by atoms with Crippen LogP contribution in [0.15, 0.2) is 0 Å². The summed E-state index contributed by atoms with van der Waals surface area (Å²) in [4.78, 5) is 35.7. The minimum absolute atomic E-state index is 0.0115. The van der Waals surface area contributed by atoms with E-state index < -0.39 is 17.9 Å². The maximum atomic E-state index is 11.9. The molecule has 0 bridgehead atoms. The van der Waals surface area contributed by atoms with Crippen LogP contribution in [0.25, 0.3) is 0 Å². The van der Waals surface area contributed by atoms with E-state index >= 15 is 0 Å². The Morgan fingerprint density at radius 3 is 2.70 bits per heavy atom. The van der Waals surface area contributed by atoms with Gasteiger partial charge in [-0.15, -0.1) is 0 Å². The molecule has 2 amide bonds. The second kappa shape index (κ2) is 7.84. The van der Waals surface area contributed by atoms with E-state index in [4.69, 9.17) is 9.84 Å². The van der Waals surface area contributed by atoms with Crippen molar-refractivity contribution < 1.29 is 24.2 Å². The van der Waals surface area contributed by atoms with Gasteiger partial charge in [-0.2, -0.15) is 0 Å². The molecule has 1 atom stereocenters. The van der Waals surface area contributed by atoms with Crippen LogP contribution in [-0.2, 0) is 19.1 Å². The quantitative estimate of drug-likeness (QED) is 0.708. The van der Waals surface area contributed by atoms with Gasteiger partial charge in [-0.05, 0) is 12.3 Å². The highest BCUT2D eigenvalue weighted by Gasteiger charge is 2.32. The molecule has 1 rings (SSSR count). The van der Waals surface area contributed by atoms with E-state index in [-0.39, 0.29) is 25.6 Å². The predicted octanol–water partition coefficient (Wildman–Crippen LogP) is -0.149. The molecule has 1 heterocycles. The highest BCUT2D eigenvalue weighted by atomic mass is 16.5. The first kappa shape index (κ1) is 16.4. The molecule has 7 nitrogen and oxygen atoms in total. The van der Waals surface area contributed by atoms with Crippen molar-refractivity contribution in [1.29, 1.82) is 0 Å². The van der Waals surface area contributed by atoms with E-state index in [9.17, 15) is 14.4 Å². The van der Waals surface area contributed by atoms with E-state index in [0.717, 1.165) is 6.42 Å². The first-order valence-electron chi connectivity index (χ1n) is 6.78. The van der Waals surface area contributed by atoms with Gasteiger partial charge in [0.05, 0.1) is 19.8 Å². The fourth-order valence-electron chi connectivity index (χ4n) is 1.89. The summed E-state index contributed by atoms with van der Waals surface area (Å²) < 4.78 is 5.05. The van der Waals surface area contributed by atoms with Crippen LogP contribution in [0.4, 0.5) is 0 Å². The first-order chi connectivity index (χ1) is 9.41. The van der Waals surface area contributed by atoms with Crippen molar-refractivity contribution in [2.45, 2.75) is 32.7 Å². The fourth-order valence-corrected chi connectivity index (χ4v) is 1.89. The van der Waals surface area contributed by atoms with Crippen molar-refractivity contribution in [2.75, 3.05) is 26.3 Å². The molecule has 20 heavy (non-hydrogen) atoms. The van der Waals surface area contributed by atoms with Crippen LogP contribution in [0.1, 0.15) is 26.7 Å². The van der Waals surface area contributed by atoms with Gasteiger partial charge in [0.1, 0.15) is 0 Å². The lowest BCUT2D eigenvalue weighted by atomic mass is 10.1. The Kier molecular flexibility index (Phi) is 6.44. The second-order valence-corrected chi connectivity index (χ2v) is 5.23. The summed E-state index contributed by atoms with van der Waals surface area (Å²) >= 11 is 0. The van der Waals surface area contributed by atoms with Crippen LogP contribution in [0.5, 0.6) is 0 Å². The number of rotatable bonds is 6. The number of morpholine rings is 1. The number of carboxylic acid groups (broad SMARTS) is 1. The molecule has 1 aliphatic heterocycles. The zero-order chi connectivity index (χ0) is 15.1. The molecule has 0 radical (unpaired) electrons. The van der Waals surface area contributed by atoms with Crippen LogP contribution >= 0.6 is 0 Å². The second-order valence-electron chi connectivity index (χ2n) is 5.23. The Morgan fingerprint density at radius 2 is 2.10 bits per heavy atom. The van der Waals surface area contributed by atoms with Gasteiger partial charge in [0, 0.05) is 13.0 Å². The van der Waals surface area contributed by atoms with Gasteiger partial charge in [0.25, 0.3) is 0 Å². The number of nitrogens with zero attached hydrogens (tertiary/aromatic N) is 1. The molecule has 0 aromatic rings. The Morgan fingerprint density at radius 1 is 1.40 bits per heavy atom. The molecule has 7 heteroatoms. The summed E-state index contributed by atoms with van der Waals surface area (Å²) in [5, 5.41) is 11.5. The van der Waals surface area contributed by atoms with Crippen LogP contribution < -0.4 is 5.32 Å². The Labute approximate surface area is 118 Å². The zero-order valence-corrected chi connectivity index (χ0v) is 11.9. The number of carbonyl (C=O) groups excluding carboxylic acids is 2. The van der Waals surface area contributed by atoms with Crippen molar-refractivity contribution in [3.63, 3.8) is 0 Å². The first-order valence-corrected chi connectivity index (χ1v) is 6.78. The molecule has 0 spiro atoms. The smallest absolute Gasteiger partial charge is 0.328 e. The molecule has 0 aliphatic carbocycles. The van der Waals surface area contributed by atoms with Gasteiger partial charge in [-0.3, -0.25) is 9.59 Å². The van der Waals surface area contributed by atoms with E-state index in [1.165, 1.54) is 4.90 Å². The van der Waals surface area contributed by atoms with Crippen molar-refractivity contribution in [2.24, 2.45) is 5.92 Å². The number of hydrogen-bond acceptors (Lipinski definition) is 4. The normalized spacial score (nSPS) is 18.9. The summed E-state index contributed by atoms with van der Waals surface area (Å²) in [7, 11) is 0. The molecule has 0 aromatic carbocycles. The fraction of sp³-hybridized carbons (Fsp3) is 0.769. The van der Waals surface area contributed by atoms with E-state index in [2.05, 4.69) is 5.32 Å². The van der Waals surface area contributed by atoms with Crippen molar-refractivity contribution in [3.05, 3.63) is 0 Å². The minimum Gasteiger partial charge on any atom is -0.480 e. The molecular weight excluding hydrogens is 264 g/mol. The molecule has 2 N–H and O–H groups in total. The predicted molar refractivity (Wildman–Crippen MR) is 71.0 cm³/mol. The lowest BCUT2D eigenvalue weighted by molar-refractivity contribution is -0.158. The van der Waals surface area contributed by atoms with Gasteiger partial charge >= 0.3 is 5.97 Å². The third-order valence-corrected chi connectivity index (χ3v) is 3.12. The topological polar surface area (TPSA) is 95.9 Å². The molecule has 1 unspecified atom stereocenters. The largest absolute Gasteiger partial charge is 0.480 e. The number of carbonyl (C=O) groups is 3. The summed E-state index contributed by atoms with van der Waals surface area (Å²) in [6.07, 6.45) is 1.13. The molecule has 0 aromatic heterocycles. The van der Waals surface area contributed by atoms with E-state index in [0.29, 0.717) is 18.9 Å². The lowest BCUT2D eigenvalue weighted by Crippen LogP contribution is -2.54. The summed E-state index contributed by atoms with van der Waals surface area (Å²) in [5.41, 5.74) is 0. The summed E-state index contributed by atoms with van der Waals surface area (Å²) in [6.45, 7) is 4.41. The summed E-state index contributed by atoms with van der Waals surface area (Å²) in [5.74, 6) is -1.25. The molecule has 1 fully saturated rings. The van der Waals surface area contributed by atoms with Crippen LogP contribution in [0.3, 0.4) is 0 Å². The number of nitrogens with one attached hydrogen (secondary N) is 1. The van der Waals surface area contributed by atoms with Crippen molar-refractivity contribution >= 4 is 17.8 Å². The maximum absolute atomic E-state index is 11.9. The highest BCUT2D eigenvalue weighted by Crippen LogP contribution is 2.07. The maximum Gasteiger partial charge on any atom is 0.328 e. The third-order valence-electron chi connectivity index (χ3n) is 3.12. The van der Waals surface area contributed by atoms with Crippen LogP contribution in [0, 0.1) is 5.92 Å². The average molecular weight is 286 g/mol. The SMILES string of the molecule is CC(C)CCC(=O)NCC(=O)N1CCOCC1C(=O)O. The molecule has 1 saturated heterocycles. The zero-order valence-electron chi connectivity index (χ0n) is 11.9. The van der Waals surface area contributed by atoms with Gasteiger partial charge in [0.2, 0.25) is 11.8 Å². The van der Waals surface area contributed by atoms with Gasteiger partial charge in [-0.25, -0.2) is 4.79 Å². The van der Waals surface area contributed by atoms with Crippen molar-refractivity contribution in [1.82, 2.24) is 10.2 Å². The lowest BCUT2D eigenvalue weighted by Gasteiger charge is -2.32. The van der Waals surface area contributed by atoms with Gasteiger partial charge < -0.3 is 20.1 Å². The molecular formula is C13H22N2O5. The number of aliphatic carboxylic acids is 1. The van der Waals surface area contributed by atoms with Crippen LogP contribution in [0.2, 0.25) is 0 Å². The number of amides is 2. The molecule has 0 saturated carbocycles. The standard InChI is InChI=1S/C13H22N2O5/c1-9(2)3-4-11(16)14-7-12(17)15-5-6-20-8-10(15)13(18)19/h9-10H,3-8H2,1-2H3,(H,14,16)(H,18,19). The number of ether oxygens (including phenoxy) is 1. The molecule has 114 valence electrons. The summed E-state index contributed by atoms with van der Waals surface area (Å²) in [6, 6.07) is -0.969. The van der Waals surface area contributed by atoms with Gasteiger partial charge in [-0.1, -0.05) is 13.8 Å².